The van der Waals surface area contributed by atoms with Crippen LogP contribution >= 0.6 is 23.2 Å². The summed E-state index contributed by atoms with van der Waals surface area (Å²) < 4.78 is 2.25. The Hall–Kier alpha value is -0.730. The SMILES string of the molecule is CCC(CC)n1c(C(C)Cl)nc2c(Cl)cccc21. The molecule has 1 aromatic heterocycles. The van der Waals surface area contributed by atoms with Gasteiger partial charge in [-0.05, 0) is 31.9 Å². The number of rotatable bonds is 4. The molecule has 0 N–H and O–H groups in total. The quantitative estimate of drug-likeness (QED) is 0.692. The van der Waals surface area contributed by atoms with Crippen molar-refractivity contribution in [3.8, 4) is 0 Å². The lowest BCUT2D eigenvalue weighted by Crippen LogP contribution is -2.11. The van der Waals surface area contributed by atoms with Crippen LogP contribution in [0.25, 0.3) is 11.0 Å². The minimum atomic E-state index is -0.117. The molecule has 98 valence electrons. The molecule has 0 fully saturated rings. The van der Waals surface area contributed by atoms with E-state index in [2.05, 4.69) is 29.5 Å². The number of benzene rings is 1. The van der Waals surface area contributed by atoms with E-state index < -0.39 is 0 Å². The Balaban J connectivity index is 2.74. The zero-order chi connectivity index (χ0) is 13.3. The molecule has 0 saturated heterocycles. The normalized spacial score (nSPS) is 13.4. The number of aromatic nitrogens is 2. The highest BCUT2D eigenvalue weighted by Gasteiger charge is 2.20. The molecule has 0 aliphatic rings. The Labute approximate surface area is 118 Å². The van der Waals surface area contributed by atoms with Crippen molar-refractivity contribution in [2.75, 3.05) is 0 Å². The molecule has 0 aliphatic heterocycles. The molecule has 4 heteroatoms. The highest BCUT2D eigenvalue weighted by molar-refractivity contribution is 6.35. The third kappa shape index (κ3) is 2.24. The number of halogens is 2. The van der Waals surface area contributed by atoms with Gasteiger partial charge in [-0.2, -0.15) is 0 Å². The Morgan fingerprint density at radius 1 is 1.28 bits per heavy atom. The fourth-order valence-electron chi connectivity index (χ4n) is 2.42. The van der Waals surface area contributed by atoms with Crippen LogP contribution in [-0.4, -0.2) is 9.55 Å². The average Bonchev–Trinajstić information content (AvgIpc) is 2.72. The van der Waals surface area contributed by atoms with E-state index in [9.17, 15) is 0 Å². The van der Waals surface area contributed by atoms with Gasteiger partial charge in [0, 0.05) is 6.04 Å². The number of alkyl halides is 1. The summed E-state index contributed by atoms with van der Waals surface area (Å²) in [7, 11) is 0. The van der Waals surface area contributed by atoms with Crippen LogP contribution in [0.15, 0.2) is 18.2 Å². The Morgan fingerprint density at radius 3 is 2.50 bits per heavy atom. The molecule has 1 atom stereocenters. The molecular weight excluding hydrogens is 267 g/mol. The van der Waals surface area contributed by atoms with Crippen LogP contribution in [0, 0.1) is 0 Å². The van der Waals surface area contributed by atoms with E-state index in [1.54, 1.807) is 0 Å². The predicted molar refractivity (Wildman–Crippen MR) is 78.6 cm³/mol. The number of nitrogens with zero attached hydrogens (tertiary/aromatic N) is 2. The number of hydrogen-bond donors (Lipinski definition) is 0. The Kier molecular flexibility index (Phi) is 4.18. The summed E-state index contributed by atoms with van der Waals surface area (Å²) in [5.74, 6) is 0.911. The van der Waals surface area contributed by atoms with Crippen molar-refractivity contribution in [2.45, 2.75) is 45.0 Å². The van der Waals surface area contributed by atoms with Crippen molar-refractivity contribution in [2.24, 2.45) is 0 Å². The molecule has 2 nitrogen and oxygen atoms in total. The summed E-state index contributed by atoms with van der Waals surface area (Å²) in [4.78, 5) is 4.63. The van der Waals surface area contributed by atoms with Crippen molar-refractivity contribution in [1.82, 2.24) is 9.55 Å². The summed E-state index contributed by atoms with van der Waals surface area (Å²) >= 11 is 12.5. The van der Waals surface area contributed by atoms with Gasteiger partial charge in [-0.1, -0.05) is 31.5 Å². The van der Waals surface area contributed by atoms with E-state index in [0.717, 1.165) is 29.7 Å². The van der Waals surface area contributed by atoms with Crippen molar-refractivity contribution < 1.29 is 0 Å². The molecule has 18 heavy (non-hydrogen) atoms. The predicted octanol–water partition coefficient (Wildman–Crippen LogP) is 5.35. The molecule has 0 radical (unpaired) electrons. The Bertz CT molecular complexity index is 542. The maximum Gasteiger partial charge on any atom is 0.128 e. The molecule has 2 aromatic rings. The lowest BCUT2D eigenvalue weighted by molar-refractivity contribution is 0.466. The van der Waals surface area contributed by atoms with E-state index in [-0.39, 0.29) is 5.38 Å². The maximum absolute atomic E-state index is 6.26. The molecule has 0 aliphatic carbocycles. The zero-order valence-electron chi connectivity index (χ0n) is 11.0. The second-order valence-electron chi connectivity index (χ2n) is 4.53. The van der Waals surface area contributed by atoms with Gasteiger partial charge in [-0.15, -0.1) is 11.6 Å². The summed E-state index contributed by atoms with van der Waals surface area (Å²) in [5.41, 5.74) is 1.94. The smallest absolute Gasteiger partial charge is 0.128 e. The van der Waals surface area contributed by atoms with Gasteiger partial charge in [-0.25, -0.2) is 4.98 Å². The first kappa shape index (κ1) is 13.7. The van der Waals surface area contributed by atoms with Crippen molar-refractivity contribution in [3.05, 3.63) is 29.0 Å². The molecular formula is C14H18Cl2N2. The van der Waals surface area contributed by atoms with Gasteiger partial charge in [-0.3, -0.25) is 0 Å². The topological polar surface area (TPSA) is 17.8 Å². The minimum absolute atomic E-state index is 0.117. The molecule has 0 amide bonds. The van der Waals surface area contributed by atoms with Crippen molar-refractivity contribution in [3.63, 3.8) is 0 Å². The van der Waals surface area contributed by atoms with E-state index in [0.29, 0.717) is 11.1 Å². The van der Waals surface area contributed by atoms with Crippen molar-refractivity contribution >= 4 is 34.2 Å². The second-order valence-corrected chi connectivity index (χ2v) is 5.60. The fraction of sp³-hybridized carbons (Fsp3) is 0.500. The summed E-state index contributed by atoms with van der Waals surface area (Å²) in [6.45, 7) is 6.33. The van der Waals surface area contributed by atoms with Crippen molar-refractivity contribution in [1.29, 1.82) is 0 Å². The molecule has 0 spiro atoms. The first-order valence-corrected chi connectivity index (χ1v) is 7.21. The van der Waals surface area contributed by atoms with E-state index in [1.165, 1.54) is 0 Å². The van der Waals surface area contributed by atoms with Gasteiger partial charge >= 0.3 is 0 Å². The molecule has 1 unspecified atom stereocenters. The molecule has 2 rings (SSSR count). The second kappa shape index (κ2) is 5.50. The lowest BCUT2D eigenvalue weighted by Gasteiger charge is -2.19. The van der Waals surface area contributed by atoms with Gasteiger partial charge in [0.1, 0.15) is 11.3 Å². The van der Waals surface area contributed by atoms with Gasteiger partial charge in [0.05, 0.1) is 15.9 Å². The summed E-state index contributed by atoms with van der Waals surface area (Å²) in [6, 6.07) is 6.32. The van der Waals surface area contributed by atoms with Crippen LogP contribution in [0.3, 0.4) is 0 Å². The third-order valence-corrected chi connectivity index (χ3v) is 3.86. The zero-order valence-corrected chi connectivity index (χ0v) is 12.5. The van der Waals surface area contributed by atoms with Crippen LogP contribution in [0.4, 0.5) is 0 Å². The van der Waals surface area contributed by atoms with Crippen LogP contribution in [0.5, 0.6) is 0 Å². The van der Waals surface area contributed by atoms with Crippen LogP contribution in [-0.2, 0) is 0 Å². The van der Waals surface area contributed by atoms with Gasteiger partial charge in [0.25, 0.3) is 0 Å². The summed E-state index contributed by atoms with van der Waals surface area (Å²) in [5, 5.41) is 0.574. The van der Waals surface area contributed by atoms with E-state index in [4.69, 9.17) is 23.2 Å². The monoisotopic (exact) mass is 284 g/mol. The van der Waals surface area contributed by atoms with Gasteiger partial charge in [0.15, 0.2) is 0 Å². The standard InChI is InChI=1S/C14H18Cl2N2/c1-4-10(5-2)18-12-8-6-7-11(16)13(12)17-14(18)9(3)15/h6-10H,4-5H2,1-3H3. The van der Waals surface area contributed by atoms with E-state index >= 15 is 0 Å². The van der Waals surface area contributed by atoms with Gasteiger partial charge in [0.2, 0.25) is 0 Å². The fourth-order valence-corrected chi connectivity index (χ4v) is 2.78. The largest absolute Gasteiger partial charge is 0.324 e. The highest BCUT2D eigenvalue weighted by atomic mass is 35.5. The highest BCUT2D eigenvalue weighted by Crippen LogP contribution is 2.33. The number of hydrogen-bond acceptors (Lipinski definition) is 1. The van der Waals surface area contributed by atoms with Gasteiger partial charge < -0.3 is 4.57 Å². The maximum atomic E-state index is 6.26. The van der Waals surface area contributed by atoms with Crippen LogP contribution in [0.2, 0.25) is 5.02 Å². The number of imidazole rings is 1. The average molecular weight is 285 g/mol. The van der Waals surface area contributed by atoms with E-state index in [1.807, 2.05) is 19.1 Å². The summed E-state index contributed by atoms with van der Waals surface area (Å²) in [6.07, 6.45) is 2.12. The third-order valence-electron chi connectivity index (χ3n) is 3.36. The first-order chi connectivity index (χ1) is 8.60. The minimum Gasteiger partial charge on any atom is -0.324 e. The Morgan fingerprint density at radius 2 is 1.94 bits per heavy atom. The molecule has 1 aromatic carbocycles. The molecule has 1 heterocycles. The molecule has 0 saturated carbocycles. The molecule has 0 bridgehead atoms. The lowest BCUT2D eigenvalue weighted by atomic mass is 10.1. The first-order valence-electron chi connectivity index (χ1n) is 6.40. The van der Waals surface area contributed by atoms with Crippen LogP contribution in [0.1, 0.15) is 50.9 Å². The number of para-hydroxylation sites is 1. The van der Waals surface area contributed by atoms with Crippen LogP contribution < -0.4 is 0 Å². The number of fused-ring (bicyclic) bond motifs is 1.